The predicted octanol–water partition coefficient (Wildman–Crippen LogP) is 3.67. The summed E-state index contributed by atoms with van der Waals surface area (Å²) >= 11 is 6.33. The molecule has 8 heteroatoms. The summed E-state index contributed by atoms with van der Waals surface area (Å²) in [4.78, 5) is 28.5. The molecule has 2 amide bonds. The van der Waals surface area contributed by atoms with E-state index in [9.17, 15) is 13.8 Å². The second-order valence-electron chi connectivity index (χ2n) is 7.37. The maximum Gasteiger partial charge on any atom is 0.255 e. The fourth-order valence-electron chi connectivity index (χ4n) is 3.40. The molecule has 1 aliphatic heterocycles. The van der Waals surface area contributed by atoms with E-state index in [1.165, 1.54) is 6.92 Å². The van der Waals surface area contributed by atoms with E-state index in [0.29, 0.717) is 48.2 Å². The molecule has 0 aliphatic carbocycles. The highest BCUT2D eigenvalue weighted by Crippen LogP contribution is 2.26. The number of aryl methyl sites for hydroxylation is 1. The van der Waals surface area contributed by atoms with Crippen molar-refractivity contribution in [3.63, 3.8) is 0 Å². The van der Waals surface area contributed by atoms with Crippen LogP contribution >= 0.6 is 11.6 Å². The smallest absolute Gasteiger partial charge is 0.255 e. The number of hydrogen-bond acceptors (Lipinski definition) is 3. The largest absolute Gasteiger partial charge is 0.339 e. The number of amides is 2. The van der Waals surface area contributed by atoms with Gasteiger partial charge in [0.2, 0.25) is 5.91 Å². The van der Waals surface area contributed by atoms with Crippen molar-refractivity contribution in [2.45, 2.75) is 18.7 Å². The molecule has 3 rings (SSSR count). The summed E-state index contributed by atoms with van der Waals surface area (Å²) in [6.45, 7) is 9.53. The molecule has 0 aromatic heterocycles. The van der Waals surface area contributed by atoms with Gasteiger partial charge in [-0.25, -0.2) is 4.21 Å². The SMILES string of the molecule is C=CCN(c1ccc(C)cc1)S(=O)c1ccc(Cl)c(C(=O)N2CCN(C(C)=O)CC2)c1. The molecule has 0 radical (unpaired) electrons. The second-order valence-corrected chi connectivity index (χ2v) is 9.19. The minimum atomic E-state index is -1.55. The van der Waals surface area contributed by atoms with Gasteiger partial charge < -0.3 is 9.80 Å². The molecule has 0 saturated carbocycles. The number of nitrogens with zero attached hydrogens (tertiary/aromatic N) is 3. The van der Waals surface area contributed by atoms with Crippen molar-refractivity contribution in [2.75, 3.05) is 37.0 Å². The third kappa shape index (κ3) is 5.35. The molecule has 1 aliphatic rings. The fraction of sp³-hybridized carbons (Fsp3) is 0.304. The molecule has 0 spiro atoms. The number of benzene rings is 2. The molecule has 1 heterocycles. The van der Waals surface area contributed by atoms with E-state index in [1.54, 1.807) is 38.4 Å². The third-order valence-electron chi connectivity index (χ3n) is 5.20. The van der Waals surface area contributed by atoms with Crippen molar-refractivity contribution in [3.8, 4) is 0 Å². The molecular formula is C23H26ClN3O3S. The molecule has 0 N–H and O–H groups in total. The van der Waals surface area contributed by atoms with Gasteiger partial charge in [0.25, 0.3) is 5.91 Å². The average molecular weight is 460 g/mol. The summed E-state index contributed by atoms with van der Waals surface area (Å²) in [5.41, 5.74) is 2.22. The van der Waals surface area contributed by atoms with Crippen molar-refractivity contribution < 1.29 is 13.8 Å². The van der Waals surface area contributed by atoms with Crippen LogP contribution in [0.25, 0.3) is 0 Å². The van der Waals surface area contributed by atoms with E-state index in [-0.39, 0.29) is 11.8 Å². The molecule has 6 nitrogen and oxygen atoms in total. The molecule has 2 aromatic carbocycles. The Labute approximate surface area is 190 Å². The van der Waals surface area contributed by atoms with Crippen molar-refractivity contribution in [1.82, 2.24) is 9.80 Å². The standard InChI is InChI=1S/C23H26ClN3O3S/c1-4-11-27(19-7-5-17(2)6-8-19)31(30)20-9-10-22(24)21(16-20)23(29)26-14-12-25(13-15-26)18(3)28/h4-10,16H,1,11-15H2,2-3H3. The number of piperazine rings is 1. The number of carbonyl (C=O) groups excluding carboxylic acids is 2. The maximum atomic E-state index is 13.4. The van der Waals surface area contributed by atoms with Crippen molar-refractivity contribution >= 4 is 40.1 Å². The van der Waals surface area contributed by atoms with Crippen LogP contribution in [0.15, 0.2) is 60.0 Å². The molecule has 1 fully saturated rings. The van der Waals surface area contributed by atoms with E-state index in [2.05, 4.69) is 6.58 Å². The zero-order chi connectivity index (χ0) is 22.5. The quantitative estimate of drug-likeness (QED) is 0.619. The summed E-state index contributed by atoms with van der Waals surface area (Å²) in [6.07, 6.45) is 1.69. The van der Waals surface area contributed by atoms with Crippen molar-refractivity contribution in [3.05, 3.63) is 71.3 Å². The van der Waals surface area contributed by atoms with Gasteiger partial charge in [-0.05, 0) is 37.3 Å². The van der Waals surface area contributed by atoms with Gasteiger partial charge in [0.15, 0.2) is 11.0 Å². The van der Waals surface area contributed by atoms with Crippen LogP contribution in [0.3, 0.4) is 0 Å². The highest BCUT2D eigenvalue weighted by atomic mass is 35.5. The Bertz CT molecular complexity index is 1000. The van der Waals surface area contributed by atoms with Crippen LogP contribution in [-0.2, 0) is 15.8 Å². The first-order valence-electron chi connectivity index (χ1n) is 10.0. The zero-order valence-corrected chi connectivity index (χ0v) is 19.3. The van der Waals surface area contributed by atoms with Gasteiger partial charge in [0, 0.05) is 45.3 Å². The number of halogens is 1. The lowest BCUT2D eigenvalue weighted by atomic mass is 10.1. The van der Waals surface area contributed by atoms with E-state index in [1.807, 2.05) is 31.2 Å². The summed E-state index contributed by atoms with van der Waals surface area (Å²) in [6, 6.07) is 12.6. The lowest BCUT2D eigenvalue weighted by molar-refractivity contribution is -0.130. The average Bonchev–Trinajstić information content (AvgIpc) is 2.77. The minimum absolute atomic E-state index is 0.000872. The lowest BCUT2D eigenvalue weighted by Crippen LogP contribution is -2.50. The first-order chi connectivity index (χ1) is 14.8. The van der Waals surface area contributed by atoms with Crippen LogP contribution < -0.4 is 4.31 Å². The van der Waals surface area contributed by atoms with Gasteiger partial charge in [-0.15, -0.1) is 6.58 Å². The van der Waals surface area contributed by atoms with E-state index < -0.39 is 11.0 Å². The Morgan fingerprint density at radius 2 is 1.71 bits per heavy atom. The molecule has 0 bridgehead atoms. The van der Waals surface area contributed by atoms with E-state index >= 15 is 0 Å². The van der Waals surface area contributed by atoms with Crippen LogP contribution in [-0.4, -0.2) is 58.5 Å². The second kappa shape index (κ2) is 10.1. The van der Waals surface area contributed by atoms with Gasteiger partial charge >= 0.3 is 0 Å². The minimum Gasteiger partial charge on any atom is -0.339 e. The summed E-state index contributed by atoms with van der Waals surface area (Å²) < 4.78 is 15.1. The fourth-order valence-corrected chi connectivity index (χ4v) is 4.81. The van der Waals surface area contributed by atoms with Gasteiger partial charge in [-0.1, -0.05) is 35.4 Å². The molecule has 164 valence electrons. The first-order valence-corrected chi connectivity index (χ1v) is 11.5. The first kappa shape index (κ1) is 23.0. The predicted molar refractivity (Wildman–Crippen MR) is 125 cm³/mol. The molecule has 1 unspecified atom stereocenters. The lowest BCUT2D eigenvalue weighted by Gasteiger charge is -2.34. The van der Waals surface area contributed by atoms with Crippen molar-refractivity contribution in [1.29, 1.82) is 0 Å². The highest BCUT2D eigenvalue weighted by Gasteiger charge is 2.26. The third-order valence-corrected chi connectivity index (χ3v) is 6.95. The molecule has 1 atom stereocenters. The highest BCUT2D eigenvalue weighted by molar-refractivity contribution is 7.86. The topological polar surface area (TPSA) is 60.9 Å². The molecule has 31 heavy (non-hydrogen) atoms. The normalized spacial score (nSPS) is 14.8. The van der Waals surface area contributed by atoms with Gasteiger partial charge in [0.05, 0.1) is 15.5 Å². The number of hydrogen-bond donors (Lipinski definition) is 0. The van der Waals surface area contributed by atoms with Gasteiger partial charge in [-0.3, -0.25) is 13.9 Å². The summed E-state index contributed by atoms with van der Waals surface area (Å²) in [5, 5.41) is 0.311. The Morgan fingerprint density at radius 1 is 1.10 bits per heavy atom. The van der Waals surface area contributed by atoms with Crippen LogP contribution in [0.4, 0.5) is 5.69 Å². The number of carbonyl (C=O) groups is 2. The number of rotatable bonds is 6. The monoisotopic (exact) mass is 459 g/mol. The Hall–Kier alpha value is -2.64. The van der Waals surface area contributed by atoms with Crippen LogP contribution in [0.5, 0.6) is 0 Å². The molecule has 1 saturated heterocycles. The maximum absolute atomic E-state index is 13.4. The van der Waals surface area contributed by atoms with Crippen LogP contribution in [0.1, 0.15) is 22.8 Å². The van der Waals surface area contributed by atoms with E-state index in [4.69, 9.17) is 11.6 Å². The van der Waals surface area contributed by atoms with Crippen LogP contribution in [0.2, 0.25) is 5.02 Å². The Balaban J connectivity index is 1.84. The number of anilines is 1. The summed E-state index contributed by atoms with van der Waals surface area (Å²) in [7, 11) is -1.55. The molecular weight excluding hydrogens is 434 g/mol. The Morgan fingerprint density at radius 3 is 2.29 bits per heavy atom. The Kier molecular flexibility index (Phi) is 7.51. The van der Waals surface area contributed by atoms with Crippen LogP contribution in [0, 0.1) is 6.92 Å². The van der Waals surface area contributed by atoms with Gasteiger partial charge in [0.1, 0.15) is 0 Å². The zero-order valence-electron chi connectivity index (χ0n) is 17.7. The van der Waals surface area contributed by atoms with Crippen molar-refractivity contribution in [2.24, 2.45) is 0 Å². The molecule has 2 aromatic rings. The van der Waals surface area contributed by atoms with Gasteiger partial charge in [-0.2, -0.15) is 0 Å². The van der Waals surface area contributed by atoms with E-state index in [0.717, 1.165) is 11.3 Å². The summed E-state index contributed by atoms with van der Waals surface area (Å²) in [5.74, 6) is -0.224.